The summed E-state index contributed by atoms with van der Waals surface area (Å²) in [4.78, 5) is 12.0. The molecule has 7 heteroatoms. The molecule has 1 aromatic carbocycles. The highest BCUT2D eigenvalue weighted by atomic mass is 32.2. The number of alkyl halides is 3. The number of amides is 1. The van der Waals surface area contributed by atoms with E-state index in [0.717, 1.165) is 23.9 Å². The SMILES string of the molecule is CC(C)(CO)NC(=O)CSc1cccc(C(F)(F)F)c1. The Morgan fingerprint density at radius 3 is 2.55 bits per heavy atom. The lowest BCUT2D eigenvalue weighted by atomic mass is 10.1. The van der Waals surface area contributed by atoms with Crippen molar-refractivity contribution in [1.29, 1.82) is 0 Å². The van der Waals surface area contributed by atoms with Crippen molar-refractivity contribution in [2.45, 2.75) is 30.5 Å². The molecule has 20 heavy (non-hydrogen) atoms. The van der Waals surface area contributed by atoms with E-state index in [9.17, 15) is 18.0 Å². The van der Waals surface area contributed by atoms with Gasteiger partial charge in [-0.05, 0) is 32.0 Å². The summed E-state index contributed by atoms with van der Waals surface area (Å²) in [7, 11) is 0. The minimum absolute atomic E-state index is 0.00919. The molecule has 0 saturated heterocycles. The Morgan fingerprint density at radius 2 is 2.00 bits per heavy atom. The number of halogens is 3. The quantitative estimate of drug-likeness (QED) is 0.822. The van der Waals surface area contributed by atoms with Gasteiger partial charge in [0.1, 0.15) is 0 Å². The van der Waals surface area contributed by atoms with Gasteiger partial charge in [-0.1, -0.05) is 6.07 Å². The summed E-state index contributed by atoms with van der Waals surface area (Å²) >= 11 is 1.02. The fourth-order valence-corrected chi connectivity index (χ4v) is 2.12. The average molecular weight is 307 g/mol. The molecule has 2 N–H and O–H groups in total. The van der Waals surface area contributed by atoms with Gasteiger partial charge in [0.05, 0.1) is 23.5 Å². The van der Waals surface area contributed by atoms with Crippen molar-refractivity contribution in [3.8, 4) is 0 Å². The van der Waals surface area contributed by atoms with Crippen LogP contribution >= 0.6 is 11.8 Å². The normalized spacial score (nSPS) is 12.3. The van der Waals surface area contributed by atoms with Crippen LogP contribution in [0, 0.1) is 0 Å². The predicted octanol–water partition coefficient (Wildman–Crippen LogP) is 2.68. The zero-order valence-electron chi connectivity index (χ0n) is 11.1. The molecule has 0 aliphatic rings. The highest BCUT2D eigenvalue weighted by Crippen LogP contribution is 2.31. The fraction of sp³-hybridized carbons (Fsp3) is 0.462. The standard InChI is InChI=1S/C13H16F3NO2S/c1-12(2,8-18)17-11(19)7-20-10-5-3-4-9(6-10)13(14,15)16/h3-6,18H,7-8H2,1-2H3,(H,17,19). The Hall–Kier alpha value is -1.21. The largest absolute Gasteiger partial charge is 0.416 e. The molecule has 112 valence electrons. The minimum atomic E-state index is -4.39. The Labute approximate surface area is 119 Å². The molecule has 1 amide bonds. The van der Waals surface area contributed by atoms with Crippen molar-refractivity contribution >= 4 is 17.7 Å². The number of benzene rings is 1. The number of nitrogens with one attached hydrogen (secondary N) is 1. The Morgan fingerprint density at radius 1 is 1.35 bits per heavy atom. The molecule has 0 bridgehead atoms. The number of aliphatic hydroxyl groups is 1. The van der Waals surface area contributed by atoms with E-state index in [-0.39, 0.29) is 18.3 Å². The van der Waals surface area contributed by atoms with Gasteiger partial charge < -0.3 is 10.4 Å². The second-order valence-electron chi connectivity index (χ2n) is 4.90. The van der Waals surface area contributed by atoms with Gasteiger partial charge >= 0.3 is 6.18 Å². The lowest BCUT2D eigenvalue weighted by molar-refractivity contribution is -0.137. The van der Waals surface area contributed by atoms with Crippen LogP contribution in [0.25, 0.3) is 0 Å². The number of carbonyl (C=O) groups excluding carboxylic acids is 1. The maximum atomic E-state index is 12.5. The molecule has 0 heterocycles. The fourth-order valence-electron chi connectivity index (χ4n) is 1.36. The molecule has 1 rings (SSSR count). The summed E-state index contributed by atoms with van der Waals surface area (Å²) < 4.78 is 37.6. The number of hydrogen-bond acceptors (Lipinski definition) is 3. The summed E-state index contributed by atoms with van der Waals surface area (Å²) in [5.41, 5.74) is -1.48. The molecule has 0 radical (unpaired) electrons. The summed E-state index contributed by atoms with van der Waals surface area (Å²) in [5.74, 6) is -0.350. The predicted molar refractivity (Wildman–Crippen MR) is 71.5 cm³/mol. The first-order valence-electron chi connectivity index (χ1n) is 5.86. The highest BCUT2D eigenvalue weighted by Gasteiger charge is 2.30. The van der Waals surface area contributed by atoms with Gasteiger partial charge in [-0.3, -0.25) is 4.79 Å². The molecule has 0 fully saturated rings. The molecule has 0 unspecified atom stereocenters. The third-order valence-electron chi connectivity index (χ3n) is 2.40. The van der Waals surface area contributed by atoms with Crippen molar-refractivity contribution in [3.05, 3.63) is 29.8 Å². The molecule has 0 saturated carbocycles. The number of hydrogen-bond donors (Lipinski definition) is 2. The summed E-state index contributed by atoms with van der Waals surface area (Å²) in [6.07, 6.45) is -4.39. The van der Waals surface area contributed by atoms with E-state index in [1.807, 2.05) is 0 Å². The lowest BCUT2D eigenvalue weighted by Crippen LogP contribution is -2.47. The number of thioether (sulfide) groups is 1. The maximum Gasteiger partial charge on any atom is 0.416 e. The van der Waals surface area contributed by atoms with E-state index in [1.54, 1.807) is 13.8 Å². The van der Waals surface area contributed by atoms with Crippen molar-refractivity contribution in [2.75, 3.05) is 12.4 Å². The molecule has 1 aromatic rings. The summed E-state index contributed by atoms with van der Waals surface area (Å²) in [5, 5.41) is 11.6. The second kappa shape index (κ2) is 6.49. The van der Waals surface area contributed by atoms with Gasteiger partial charge in [0.25, 0.3) is 0 Å². The number of aliphatic hydroxyl groups excluding tert-OH is 1. The van der Waals surface area contributed by atoms with Crippen LogP contribution in [-0.2, 0) is 11.0 Å². The van der Waals surface area contributed by atoms with Gasteiger partial charge in [-0.15, -0.1) is 11.8 Å². The second-order valence-corrected chi connectivity index (χ2v) is 5.95. The first-order valence-corrected chi connectivity index (χ1v) is 6.84. The number of rotatable bonds is 5. The smallest absolute Gasteiger partial charge is 0.394 e. The van der Waals surface area contributed by atoms with Gasteiger partial charge in [-0.25, -0.2) is 0 Å². The average Bonchev–Trinajstić information content (AvgIpc) is 2.35. The molecule has 3 nitrogen and oxygen atoms in total. The van der Waals surface area contributed by atoms with Crippen LogP contribution in [-0.4, -0.2) is 28.9 Å². The third-order valence-corrected chi connectivity index (χ3v) is 3.40. The Balaban J connectivity index is 2.60. The van der Waals surface area contributed by atoms with E-state index in [4.69, 9.17) is 5.11 Å². The number of carbonyl (C=O) groups is 1. The molecule has 0 aromatic heterocycles. The minimum Gasteiger partial charge on any atom is -0.394 e. The zero-order chi connectivity index (χ0) is 15.4. The first kappa shape index (κ1) is 16.8. The molecule has 0 aliphatic carbocycles. The van der Waals surface area contributed by atoms with Gasteiger partial charge in [0.15, 0.2) is 0 Å². The monoisotopic (exact) mass is 307 g/mol. The van der Waals surface area contributed by atoms with E-state index in [0.29, 0.717) is 4.90 Å². The van der Waals surface area contributed by atoms with Crippen molar-refractivity contribution in [3.63, 3.8) is 0 Å². The van der Waals surface area contributed by atoms with Crippen molar-refractivity contribution < 1.29 is 23.1 Å². The zero-order valence-corrected chi connectivity index (χ0v) is 11.9. The highest BCUT2D eigenvalue weighted by molar-refractivity contribution is 8.00. The van der Waals surface area contributed by atoms with E-state index >= 15 is 0 Å². The van der Waals surface area contributed by atoms with Gasteiger partial charge in [-0.2, -0.15) is 13.2 Å². The lowest BCUT2D eigenvalue weighted by Gasteiger charge is -2.23. The topological polar surface area (TPSA) is 49.3 Å². The molecule has 0 atom stereocenters. The Kier molecular flexibility index (Phi) is 5.47. The Bertz CT molecular complexity index is 475. The summed E-state index contributed by atoms with van der Waals surface area (Å²) in [6.45, 7) is 3.09. The van der Waals surface area contributed by atoms with Crippen LogP contribution < -0.4 is 5.32 Å². The van der Waals surface area contributed by atoms with Gasteiger partial charge in [0.2, 0.25) is 5.91 Å². The molecule has 0 spiro atoms. The van der Waals surface area contributed by atoms with Crippen LogP contribution in [0.2, 0.25) is 0 Å². The molecule has 0 aliphatic heterocycles. The van der Waals surface area contributed by atoms with E-state index < -0.39 is 17.3 Å². The third kappa shape index (κ3) is 5.42. The van der Waals surface area contributed by atoms with Crippen LogP contribution in [0.15, 0.2) is 29.2 Å². The molecular weight excluding hydrogens is 291 g/mol. The van der Waals surface area contributed by atoms with E-state index in [2.05, 4.69) is 5.32 Å². The van der Waals surface area contributed by atoms with Crippen molar-refractivity contribution in [2.24, 2.45) is 0 Å². The van der Waals surface area contributed by atoms with E-state index in [1.165, 1.54) is 12.1 Å². The first-order chi connectivity index (χ1) is 9.14. The van der Waals surface area contributed by atoms with Crippen LogP contribution in [0.4, 0.5) is 13.2 Å². The molecular formula is C13H16F3NO2S. The van der Waals surface area contributed by atoms with Crippen LogP contribution in [0.3, 0.4) is 0 Å². The van der Waals surface area contributed by atoms with Gasteiger partial charge in [0, 0.05) is 4.90 Å². The van der Waals surface area contributed by atoms with Crippen LogP contribution in [0.1, 0.15) is 19.4 Å². The van der Waals surface area contributed by atoms with Crippen LogP contribution in [0.5, 0.6) is 0 Å². The maximum absolute atomic E-state index is 12.5. The summed E-state index contributed by atoms with van der Waals surface area (Å²) in [6, 6.07) is 4.82. The van der Waals surface area contributed by atoms with Crippen molar-refractivity contribution in [1.82, 2.24) is 5.32 Å².